The van der Waals surface area contributed by atoms with E-state index in [0.717, 1.165) is 11.2 Å². The lowest BCUT2D eigenvalue weighted by Gasteiger charge is -2.10. The third-order valence-corrected chi connectivity index (χ3v) is 4.04. The van der Waals surface area contributed by atoms with Crippen molar-refractivity contribution >= 4 is 23.0 Å². The van der Waals surface area contributed by atoms with Crippen LogP contribution < -0.4 is 5.73 Å². The lowest BCUT2D eigenvalue weighted by Crippen LogP contribution is -2.04. The summed E-state index contributed by atoms with van der Waals surface area (Å²) >= 11 is 0. The molecule has 0 unspecified atom stereocenters. The number of nitrogens with two attached hydrogens (primary N) is 1. The number of benzene rings is 1. The van der Waals surface area contributed by atoms with Gasteiger partial charge in [-0.05, 0) is 48.5 Å². The summed E-state index contributed by atoms with van der Waals surface area (Å²) in [5.74, 6) is 0.632. The number of carbonyl (C=O) groups is 1. The number of imidazole rings is 1. The zero-order chi connectivity index (χ0) is 18.1. The molecule has 1 aromatic carbocycles. The number of methoxy groups -OCH3 is 1. The lowest BCUT2D eigenvalue weighted by molar-refractivity contribution is 0.0601. The highest BCUT2D eigenvalue weighted by Gasteiger charge is 2.17. The van der Waals surface area contributed by atoms with Gasteiger partial charge in [0.25, 0.3) is 0 Å². The Balaban J connectivity index is 1.95. The Morgan fingerprint density at radius 1 is 1.04 bits per heavy atom. The zero-order valence-electron chi connectivity index (χ0n) is 14.0. The van der Waals surface area contributed by atoms with Crippen LogP contribution in [0.1, 0.15) is 10.4 Å². The molecular formula is C19H15N5O2. The molecule has 0 bridgehead atoms. The number of aromatic nitrogens is 4. The van der Waals surface area contributed by atoms with E-state index < -0.39 is 0 Å². The molecule has 0 aliphatic carbocycles. The molecule has 0 aliphatic heterocycles. The first-order valence-electron chi connectivity index (χ1n) is 7.92. The van der Waals surface area contributed by atoms with Gasteiger partial charge in [0.2, 0.25) is 0 Å². The summed E-state index contributed by atoms with van der Waals surface area (Å²) in [6, 6.07) is 14.4. The molecule has 4 aromatic rings. The fraction of sp³-hybridized carbons (Fsp3) is 0.0526. The third-order valence-electron chi connectivity index (χ3n) is 4.04. The number of pyridine rings is 2. The molecule has 7 nitrogen and oxygen atoms in total. The van der Waals surface area contributed by atoms with Crippen LogP contribution in [0.2, 0.25) is 0 Å². The smallest absolute Gasteiger partial charge is 0.337 e. The Labute approximate surface area is 149 Å². The van der Waals surface area contributed by atoms with Gasteiger partial charge in [0, 0.05) is 18.1 Å². The fourth-order valence-corrected chi connectivity index (χ4v) is 2.81. The molecule has 0 saturated carbocycles. The van der Waals surface area contributed by atoms with Crippen LogP contribution in [0.15, 0.2) is 60.9 Å². The van der Waals surface area contributed by atoms with Crippen LogP contribution in [0, 0.1) is 0 Å². The zero-order valence-corrected chi connectivity index (χ0v) is 14.0. The number of fused-ring (bicyclic) bond motifs is 1. The van der Waals surface area contributed by atoms with Crippen molar-refractivity contribution in [1.29, 1.82) is 0 Å². The van der Waals surface area contributed by atoms with Gasteiger partial charge in [-0.25, -0.2) is 19.7 Å². The van der Waals surface area contributed by atoms with Gasteiger partial charge in [-0.3, -0.25) is 4.57 Å². The van der Waals surface area contributed by atoms with Gasteiger partial charge in [-0.1, -0.05) is 0 Å². The van der Waals surface area contributed by atoms with Crippen LogP contribution in [0.5, 0.6) is 0 Å². The fourth-order valence-electron chi connectivity index (χ4n) is 2.81. The molecule has 0 saturated heterocycles. The standard InChI is InChI=1S/C19H15N5O2/c1-26-19(25)12-6-8-13(9-7-12)24-17(14-4-2-10-21-16(14)20)23-15-5-3-11-22-18(15)24/h2-11H,1H3,(H2,20,21). The maximum atomic E-state index is 11.7. The quantitative estimate of drug-likeness (QED) is 0.574. The van der Waals surface area contributed by atoms with E-state index in [1.165, 1.54) is 7.11 Å². The van der Waals surface area contributed by atoms with Gasteiger partial charge in [0.15, 0.2) is 11.5 Å². The molecule has 128 valence electrons. The van der Waals surface area contributed by atoms with E-state index >= 15 is 0 Å². The average Bonchev–Trinajstić information content (AvgIpc) is 3.07. The molecule has 26 heavy (non-hydrogen) atoms. The molecule has 3 heterocycles. The highest BCUT2D eigenvalue weighted by molar-refractivity contribution is 5.90. The Morgan fingerprint density at radius 3 is 2.50 bits per heavy atom. The van der Waals surface area contributed by atoms with E-state index in [4.69, 9.17) is 10.5 Å². The highest BCUT2D eigenvalue weighted by Crippen LogP contribution is 2.30. The van der Waals surface area contributed by atoms with E-state index in [0.29, 0.717) is 28.4 Å². The van der Waals surface area contributed by atoms with Crippen molar-refractivity contribution in [3.8, 4) is 17.1 Å². The van der Waals surface area contributed by atoms with Crippen LogP contribution in [0.4, 0.5) is 5.82 Å². The molecule has 4 rings (SSSR count). The lowest BCUT2D eigenvalue weighted by atomic mass is 10.2. The number of ether oxygens (including phenoxy) is 1. The second-order valence-electron chi connectivity index (χ2n) is 5.59. The maximum Gasteiger partial charge on any atom is 0.337 e. The van der Waals surface area contributed by atoms with E-state index in [-0.39, 0.29) is 5.97 Å². The highest BCUT2D eigenvalue weighted by atomic mass is 16.5. The van der Waals surface area contributed by atoms with Crippen LogP contribution in [0.25, 0.3) is 28.2 Å². The first kappa shape index (κ1) is 15.8. The number of nitrogen functional groups attached to an aromatic ring is 1. The van der Waals surface area contributed by atoms with Crippen molar-refractivity contribution in [3.05, 3.63) is 66.5 Å². The minimum absolute atomic E-state index is 0.384. The summed E-state index contributed by atoms with van der Waals surface area (Å²) in [5.41, 5.74) is 9.47. The molecule has 0 radical (unpaired) electrons. The van der Waals surface area contributed by atoms with Crippen LogP contribution in [0.3, 0.4) is 0 Å². The summed E-state index contributed by atoms with van der Waals surface area (Å²) in [6.07, 6.45) is 3.34. The van der Waals surface area contributed by atoms with Crippen molar-refractivity contribution in [1.82, 2.24) is 19.5 Å². The SMILES string of the molecule is COC(=O)c1ccc(-n2c(-c3cccnc3N)nc3cccnc32)cc1. The van der Waals surface area contributed by atoms with Crippen LogP contribution in [-0.2, 0) is 4.74 Å². The maximum absolute atomic E-state index is 11.7. The van der Waals surface area contributed by atoms with Crippen LogP contribution in [-0.4, -0.2) is 32.6 Å². The summed E-state index contributed by atoms with van der Waals surface area (Å²) in [5, 5.41) is 0. The van der Waals surface area contributed by atoms with Crippen molar-refractivity contribution in [2.24, 2.45) is 0 Å². The number of rotatable bonds is 3. The van der Waals surface area contributed by atoms with Crippen molar-refractivity contribution < 1.29 is 9.53 Å². The first-order chi connectivity index (χ1) is 12.7. The Kier molecular flexibility index (Phi) is 3.81. The average molecular weight is 345 g/mol. The topological polar surface area (TPSA) is 95.9 Å². The van der Waals surface area contributed by atoms with Crippen molar-refractivity contribution in [2.75, 3.05) is 12.8 Å². The number of carbonyl (C=O) groups excluding carboxylic acids is 1. The van der Waals surface area contributed by atoms with E-state index in [9.17, 15) is 4.79 Å². The number of nitrogens with zero attached hydrogens (tertiary/aromatic N) is 4. The molecule has 7 heteroatoms. The van der Waals surface area contributed by atoms with E-state index in [1.807, 2.05) is 41.0 Å². The van der Waals surface area contributed by atoms with E-state index in [1.54, 1.807) is 24.5 Å². The molecule has 0 atom stereocenters. The van der Waals surface area contributed by atoms with Gasteiger partial charge in [0.1, 0.15) is 11.3 Å². The Hall–Kier alpha value is -3.74. The van der Waals surface area contributed by atoms with Gasteiger partial charge in [0.05, 0.1) is 18.2 Å². The molecule has 0 spiro atoms. The van der Waals surface area contributed by atoms with Crippen LogP contribution >= 0.6 is 0 Å². The molecule has 0 fully saturated rings. The second kappa shape index (κ2) is 6.29. The normalized spacial score (nSPS) is 10.8. The predicted molar refractivity (Wildman–Crippen MR) is 97.8 cm³/mol. The number of esters is 1. The van der Waals surface area contributed by atoms with Gasteiger partial charge >= 0.3 is 5.97 Å². The summed E-state index contributed by atoms with van der Waals surface area (Å²) < 4.78 is 6.64. The van der Waals surface area contributed by atoms with Gasteiger partial charge in [-0.15, -0.1) is 0 Å². The minimum Gasteiger partial charge on any atom is -0.465 e. The first-order valence-corrected chi connectivity index (χ1v) is 7.92. The van der Waals surface area contributed by atoms with E-state index in [2.05, 4.69) is 15.0 Å². The molecule has 0 aliphatic rings. The summed E-state index contributed by atoms with van der Waals surface area (Å²) in [6.45, 7) is 0. The molecule has 0 amide bonds. The molecule has 3 aromatic heterocycles. The number of anilines is 1. The van der Waals surface area contributed by atoms with Crippen molar-refractivity contribution in [3.63, 3.8) is 0 Å². The summed E-state index contributed by atoms with van der Waals surface area (Å²) in [7, 11) is 1.35. The molecular weight excluding hydrogens is 330 g/mol. The monoisotopic (exact) mass is 345 g/mol. The third kappa shape index (κ3) is 2.55. The Morgan fingerprint density at radius 2 is 1.77 bits per heavy atom. The summed E-state index contributed by atoms with van der Waals surface area (Å²) in [4.78, 5) is 25.0. The van der Waals surface area contributed by atoms with Gasteiger partial charge in [-0.2, -0.15) is 0 Å². The number of hydrogen-bond donors (Lipinski definition) is 1. The number of hydrogen-bond acceptors (Lipinski definition) is 6. The van der Waals surface area contributed by atoms with Gasteiger partial charge < -0.3 is 10.5 Å². The minimum atomic E-state index is -0.387. The Bertz CT molecular complexity index is 1100. The second-order valence-corrected chi connectivity index (χ2v) is 5.59. The predicted octanol–water partition coefficient (Wildman–Crippen LogP) is 2.85. The van der Waals surface area contributed by atoms with Crippen molar-refractivity contribution in [2.45, 2.75) is 0 Å². The largest absolute Gasteiger partial charge is 0.465 e. The molecule has 2 N–H and O–H groups in total.